The number of carbonyl (C=O) groups excluding carboxylic acids is 2. The molecule has 0 radical (unpaired) electrons. The highest BCUT2D eigenvalue weighted by molar-refractivity contribution is 6.00. The van der Waals surface area contributed by atoms with E-state index in [1.165, 1.54) is 0 Å². The van der Waals surface area contributed by atoms with E-state index in [0.717, 1.165) is 12.8 Å². The Hall–Kier alpha value is -1.12. The molecule has 0 saturated heterocycles. The molecule has 4 unspecified atom stereocenters. The first-order valence-electron chi connectivity index (χ1n) is 6.02. The number of Topliss-reactive ketones (excluding diaryl/α,β-unsaturated/α-hetero) is 1. The van der Waals surface area contributed by atoms with Crippen LogP contribution in [-0.2, 0) is 14.3 Å². The predicted octanol–water partition coefficient (Wildman–Crippen LogP) is 1.97. The molecule has 0 aromatic heterocycles. The van der Waals surface area contributed by atoms with Gasteiger partial charge in [-0.2, -0.15) is 0 Å². The molecule has 88 valence electrons. The molecule has 0 aromatic carbocycles. The number of allylic oxidation sites excluding steroid dienone is 2. The molecule has 0 aliphatic heterocycles. The van der Waals surface area contributed by atoms with Crippen molar-refractivity contribution in [2.45, 2.75) is 26.7 Å². The third kappa shape index (κ3) is 1.91. The fourth-order valence-corrected chi connectivity index (χ4v) is 2.81. The summed E-state index contributed by atoms with van der Waals surface area (Å²) in [5.41, 5.74) is 0. The number of rotatable bonds is 4. The summed E-state index contributed by atoms with van der Waals surface area (Å²) in [6.45, 7) is 3.76. The van der Waals surface area contributed by atoms with Crippen molar-refractivity contribution in [1.82, 2.24) is 0 Å². The largest absolute Gasteiger partial charge is 0.465 e. The summed E-state index contributed by atoms with van der Waals surface area (Å²) in [5, 5.41) is 0. The lowest BCUT2D eigenvalue weighted by Crippen LogP contribution is -2.31. The third-order valence-corrected chi connectivity index (χ3v) is 3.71. The lowest BCUT2D eigenvalue weighted by Gasteiger charge is -2.19. The monoisotopic (exact) mass is 222 g/mol. The molecule has 3 nitrogen and oxygen atoms in total. The number of hydrogen-bond donors (Lipinski definition) is 0. The molecule has 1 fully saturated rings. The van der Waals surface area contributed by atoms with Crippen molar-refractivity contribution in [2.75, 3.05) is 6.61 Å². The van der Waals surface area contributed by atoms with Gasteiger partial charge >= 0.3 is 5.97 Å². The predicted molar refractivity (Wildman–Crippen MR) is 59.6 cm³/mol. The van der Waals surface area contributed by atoms with Gasteiger partial charge in [0.2, 0.25) is 0 Å². The summed E-state index contributed by atoms with van der Waals surface area (Å²) in [5.74, 6) is 0.0735. The quantitative estimate of drug-likeness (QED) is 0.415. The first-order valence-corrected chi connectivity index (χ1v) is 6.02. The SMILES string of the molecule is CCOC(=O)C(C)C(=O)C1CC2C=CC1C2. The van der Waals surface area contributed by atoms with E-state index in [2.05, 4.69) is 12.2 Å². The molecule has 0 N–H and O–H groups in total. The van der Waals surface area contributed by atoms with Crippen LogP contribution in [0.5, 0.6) is 0 Å². The van der Waals surface area contributed by atoms with Crippen molar-refractivity contribution < 1.29 is 14.3 Å². The van der Waals surface area contributed by atoms with Crippen molar-refractivity contribution in [2.24, 2.45) is 23.7 Å². The maximum atomic E-state index is 12.1. The van der Waals surface area contributed by atoms with Gasteiger partial charge in [0, 0.05) is 5.92 Å². The van der Waals surface area contributed by atoms with E-state index >= 15 is 0 Å². The Kier molecular flexibility index (Phi) is 3.13. The average molecular weight is 222 g/mol. The van der Waals surface area contributed by atoms with Crippen LogP contribution in [0.25, 0.3) is 0 Å². The first kappa shape index (κ1) is 11.4. The summed E-state index contributed by atoms with van der Waals surface area (Å²) in [4.78, 5) is 23.6. The van der Waals surface area contributed by atoms with Crippen LogP contribution in [-0.4, -0.2) is 18.4 Å². The molecule has 16 heavy (non-hydrogen) atoms. The van der Waals surface area contributed by atoms with Crippen molar-refractivity contribution in [3.63, 3.8) is 0 Å². The van der Waals surface area contributed by atoms with Crippen molar-refractivity contribution in [3.05, 3.63) is 12.2 Å². The molecule has 0 spiro atoms. The van der Waals surface area contributed by atoms with Crippen LogP contribution in [0, 0.1) is 23.7 Å². The Labute approximate surface area is 95.9 Å². The topological polar surface area (TPSA) is 43.4 Å². The molecule has 0 amide bonds. The van der Waals surface area contributed by atoms with E-state index in [4.69, 9.17) is 4.74 Å². The maximum Gasteiger partial charge on any atom is 0.316 e. The van der Waals surface area contributed by atoms with E-state index in [-0.39, 0.29) is 17.7 Å². The second-order valence-corrected chi connectivity index (χ2v) is 4.76. The number of fused-ring (bicyclic) bond motifs is 2. The van der Waals surface area contributed by atoms with Crippen molar-refractivity contribution in [1.29, 1.82) is 0 Å². The van der Waals surface area contributed by atoms with Gasteiger partial charge in [0.05, 0.1) is 6.61 Å². The number of hydrogen-bond acceptors (Lipinski definition) is 3. The fraction of sp³-hybridized carbons (Fsp3) is 0.692. The Balaban J connectivity index is 1.97. The summed E-state index contributed by atoms with van der Waals surface area (Å²) < 4.78 is 4.89. The van der Waals surface area contributed by atoms with E-state index in [1.807, 2.05) is 0 Å². The van der Waals surface area contributed by atoms with Gasteiger partial charge in [0.25, 0.3) is 0 Å². The summed E-state index contributed by atoms with van der Waals surface area (Å²) in [6, 6.07) is 0. The second-order valence-electron chi connectivity index (χ2n) is 4.76. The van der Waals surface area contributed by atoms with Gasteiger partial charge in [0.1, 0.15) is 11.7 Å². The normalized spacial score (nSPS) is 32.8. The van der Waals surface area contributed by atoms with Crippen LogP contribution in [0.3, 0.4) is 0 Å². The average Bonchev–Trinajstić information content (AvgIpc) is 2.89. The van der Waals surface area contributed by atoms with Crippen LogP contribution in [0.1, 0.15) is 26.7 Å². The smallest absolute Gasteiger partial charge is 0.316 e. The second kappa shape index (κ2) is 4.40. The summed E-state index contributed by atoms with van der Waals surface area (Å²) in [6.07, 6.45) is 6.34. The number of ether oxygens (including phenoxy) is 1. The zero-order valence-corrected chi connectivity index (χ0v) is 9.81. The number of carbonyl (C=O) groups is 2. The highest BCUT2D eigenvalue weighted by Crippen LogP contribution is 2.44. The van der Waals surface area contributed by atoms with E-state index in [0.29, 0.717) is 18.4 Å². The maximum absolute atomic E-state index is 12.1. The minimum Gasteiger partial charge on any atom is -0.465 e. The van der Waals surface area contributed by atoms with Gasteiger partial charge in [-0.3, -0.25) is 9.59 Å². The Morgan fingerprint density at radius 2 is 2.12 bits per heavy atom. The molecule has 2 rings (SSSR count). The zero-order valence-electron chi connectivity index (χ0n) is 9.81. The van der Waals surface area contributed by atoms with Gasteiger partial charge < -0.3 is 4.74 Å². The zero-order chi connectivity index (χ0) is 11.7. The van der Waals surface area contributed by atoms with Crippen LogP contribution >= 0.6 is 0 Å². The molecule has 0 aromatic rings. The number of ketones is 1. The molecule has 2 aliphatic rings. The Bertz CT molecular complexity index is 332. The molecule has 4 atom stereocenters. The van der Waals surface area contributed by atoms with E-state index in [1.54, 1.807) is 13.8 Å². The summed E-state index contributed by atoms with van der Waals surface area (Å²) in [7, 11) is 0. The van der Waals surface area contributed by atoms with Gasteiger partial charge in [-0.1, -0.05) is 12.2 Å². The first-order chi connectivity index (χ1) is 7.63. The lowest BCUT2D eigenvalue weighted by molar-refractivity contribution is -0.152. The van der Waals surface area contributed by atoms with E-state index < -0.39 is 5.92 Å². The minimum absolute atomic E-state index is 0.0504. The molecule has 1 saturated carbocycles. The van der Waals surface area contributed by atoms with Gasteiger partial charge in [-0.15, -0.1) is 0 Å². The minimum atomic E-state index is -0.599. The van der Waals surface area contributed by atoms with Crippen LogP contribution in [0.2, 0.25) is 0 Å². The molecular formula is C13H18O3. The highest BCUT2D eigenvalue weighted by atomic mass is 16.5. The lowest BCUT2D eigenvalue weighted by atomic mass is 9.84. The van der Waals surface area contributed by atoms with Gasteiger partial charge in [0.15, 0.2) is 0 Å². The Morgan fingerprint density at radius 3 is 2.62 bits per heavy atom. The van der Waals surface area contributed by atoms with Crippen molar-refractivity contribution in [3.8, 4) is 0 Å². The summed E-state index contributed by atoms with van der Waals surface area (Å²) >= 11 is 0. The molecular weight excluding hydrogens is 204 g/mol. The van der Waals surface area contributed by atoms with Gasteiger partial charge in [-0.05, 0) is 38.5 Å². The number of esters is 1. The van der Waals surface area contributed by atoms with Gasteiger partial charge in [-0.25, -0.2) is 0 Å². The molecule has 2 bridgehead atoms. The van der Waals surface area contributed by atoms with Crippen LogP contribution < -0.4 is 0 Å². The third-order valence-electron chi connectivity index (χ3n) is 3.71. The van der Waals surface area contributed by atoms with Crippen LogP contribution in [0.4, 0.5) is 0 Å². The van der Waals surface area contributed by atoms with Crippen LogP contribution in [0.15, 0.2) is 12.2 Å². The molecule has 3 heteroatoms. The van der Waals surface area contributed by atoms with Crippen molar-refractivity contribution >= 4 is 11.8 Å². The molecule has 2 aliphatic carbocycles. The highest BCUT2D eigenvalue weighted by Gasteiger charge is 2.42. The standard InChI is InChI=1S/C13H18O3/c1-3-16-13(15)8(2)12(14)11-7-9-4-5-10(11)6-9/h4-5,8-11H,3,6-7H2,1-2H3. The van der Waals surface area contributed by atoms with E-state index in [9.17, 15) is 9.59 Å². The molecule has 0 heterocycles. The Morgan fingerprint density at radius 1 is 1.38 bits per heavy atom. The fourth-order valence-electron chi connectivity index (χ4n) is 2.81.